The summed E-state index contributed by atoms with van der Waals surface area (Å²) in [6.07, 6.45) is 3.62. The van der Waals surface area contributed by atoms with Gasteiger partial charge in [0.2, 0.25) is 0 Å². The van der Waals surface area contributed by atoms with Crippen LogP contribution in [-0.2, 0) is 0 Å². The lowest BCUT2D eigenvalue weighted by molar-refractivity contribution is 0.0828. The zero-order chi connectivity index (χ0) is 16.0. The van der Waals surface area contributed by atoms with E-state index in [4.69, 9.17) is 0 Å². The van der Waals surface area contributed by atoms with E-state index in [1.807, 2.05) is 42.6 Å². The normalized spacial score (nSPS) is 11.2. The summed E-state index contributed by atoms with van der Waals surface area (Å²) >= 11 is 0. The number of amides is 1. The zero-order valence-corrected chi connectivity index (χ0v) is 12.9. The Morgan fingerprint density at radius 1 is 0.913 bits per heavy atom. The van der Waals surface area contributed by atoms with Gasteiger partial charge in [0.1, 0.15) is 0 Å². The van der Waals surface area contributed by atoms with Gasteiger partial charge in [0, 0.05) is 48.2 Å². The lowest BCUT2D eigenvalue weighted by Gasteiger charge is -2.12. The van der Waals surface area contributed by atoms with E-state index in [9.17, 15) is 4.79 Å². The molecule has 1 amide bonds. The van der Waals surface area contributed by atoms with Crippen LogP contribution in [0, 0.1) is 0 Å². The van der Waals surface area contributed by atoms with Gasteiger partial charge >= 0.3 is 0 Å². The lowest BCUT2D eigenvalue weighted by Crippen LogP contribution is -2.21. The average molecular weight is 301 g/mol. The second-order valence-electron chi connectivity index (χ2n) is 5.80. The zero-order valence-electron chi connectivity index (χ0n) is 12.9. The Balaban J connectivity index is 2.08. The van der Waals surface area contributed by atoms with Gasteiger partial charge < -0.3 is 4.90 Å². The third-order valence-corrected chi connectivity index (χ3v) is 4.08. The van der Waals surface area contributed by atoms with Gasteiger partial charge in [-0.3, -0.25) is 14.8 Å². The molecule has 4 heteroatoms. The Labute approximate surface area is 133 Å². The monoisotopic (exact) mass is 301 g/mol. The van der Waals surface area contributed by atoms with Crippen LogP contribution in [0.4, 0.5) is 0 Å². The predicted molar refractivity (Wildman–Crippen MR) is 92.6 cm³/mol. The molecular formula is C19H15N3O. The summed E-state index contributed by atoms with van der Waals surface area (Å²) in [5.74, 6) is -0.00391. The van der Waals surface area contributed by atoms with Crippen molar-refractivity contribution in [3.8, 4) is 0 Å². The molecule has 0 aliphatic heterocycles. The number of benzene rings is 2. The first kappa shape index (κ1) is 13.6. The Morgan fingerprint density at radius 3 is 2.57 bits per heavy atom. The maximum atomic E-state index is 12.2. The molecule has 0 atom stereocenters. The molecule has 0 radical (unpaired) electrons. The van der Waals surface area contributed by atoms with Gasteiger partial charge in [-0.25, -0.2) is 0 Å². The largest absolute Gasteiger partial charge is 0.345 e. The second-order valence-corrected chi connectivity index (χ2v) is 5.80. The molecule has 2 aromatic carbocycles. The highest BCUT2D eigenvalue weighted by Crippen LogP contribution is 2.29. The molecule has 0 aliphatic carbocycles. The Morgan fingerprint density at radius 2 is 1.74 bits per heavy atom. The smallest absolute Gasteiger partial charge is 0.253 e. The van der Waals surface area contributed by atoms with Gasteiger partial charge in [-0.15, -0.1) is 0 Å². The second kappa shape index (κ2) is 5.02. The molecule has 0 fully saturated rings. The number of pyridine rings is 2. The van der Waals surface area contributed by atoms with E-state index in [0.29, 0.717) is 5.56 Å². The Kier molecular flexibility index (Phi) is 2.98. The van der Waals surface area contributed by atoms with Crippen LogP contribution in [0.5, 0.6) is 0 Å². The van der Waals surface area contributed by atoms with Crippen LogP contribution < -0.4 is 0 Å². The van der Waals surface area contributed by atoms with E-state index in [1.165, 1.54) is 0 Å². The van der Waals surface area contributed by atoms with E-state index in [2.05, 4.69) is 16.0 Å². The highest BCUT2D eigenvalue weighted by molar-refractivity contribution is 6.15. The van der Waals surface area contributed by atoms with Crippen molar-refractivity contribution >= 4 is 38.5 Å². The van der Waals surface area contributed by atoms with Gasteiger partial charge in [0.25, 0.3) is 5.91 Å². The highest BCUT2D eigenvalue weighted by atomic mass is 16.2. The average Bonchev–Trinajstić information content (AvgIpc) is 2.60. The number of nitrogens with zero attached hydrogens (tertiary/aromatic N) is 3. The molecule has 112 valence electrons. The first-order valence-corrected chi connectivity index (χ1v) is 7.43. The molecule has 4 nitrogen and oxygen atoms in total. The molecular weight excluding hydrogens is 286 g/mol. The van der Waals surface area contributed by atoms with Gasteiger partial charge in [0.15, 0.2) is 0 Å². The maximum absolute atomic E-state index is 12.2. The molecule has 0 unspecified atom stereocenters. The van der Waals surface area contributed by atoms with E-state index in [-0.39, 0.29) is 5.91 Å². The van der Waals surface area contributed by atoms with E-state index < -0.39 is 0 Å². The number of rotatable bonds is 1. The molecule has 2 heterocycles. The van der Waals surface area contributed by atoms with E-state index in [1.54, 1.807) is 25.2 Å². The van der Waals surface area contributed by atoms with Crippen LogP contribution >= 0.6 is 0 Å². The van der Waals surface area contributed by atoms with Crippen molar-refractivity contribution in [2.75, 3.05) is 14.1 Å². The summed E-state index contributed by atoms with van der Waals surface area (Å²) in [5, 5.41) is 4.12. The summed E-state index contributed by atoms with van der Waals surface area (Å²) in [4.78, 5) is 22.9. The van der Waals surface area contributed by atoms with Gasteiger partial charge in [-0.2, -0.15) is 0 Å². The number of fused-ring (bicyclic) bond motifs is 5. The van der Waals surface area contributed by atoms with Crippen LogP contribution in [0.2, 0.25) is 0 Å². The molecule has 0 N–H and O–H groups in total. The SMILES string of the molecule is CN(C)C(=O)c1ccc2cnc3c(ccc4cccnc43)c2c1. The quantitative estimate of drug-likeness (QED) is 0.504. The minimum Gasteiger partial charge on any atom is -0.345 e. The van der Waals surface area contributed by atoms with E-state index >= 15 is 0 Å². The molecule has 4 rings (SSSR count). The van der Waals surface area contributed by atoms with Crippen molar-refractivity contribution < 1.29 is 4.79 Å². The third-order valence-electron chi connectivity index (χ3n) is 4.08. The van der Waals surface area contributed by atoms with Gasteiger partial charge in [0.05, 0.1) is 11.0 Å². The Hall–Kier alpha value is -3.01. The molecule has 23 heavy (non-hydrogen) atoms. The topological polar surface area (TPSA) is 46.1 Å². The van der Waals surface area contributed by atoms with Crippen LogP contribution in [-0.4, -0.2) is 34.9 Å². The fourth-order valence-electron chi connectivity index (χ4n) is 2.91. The van der Waals surface area contributed by atoms with Crippen LogP contribution in [0.15, 0.2) is 54.9 Å². The molecule has 2 aromatic heterocycles. The van der Waals surface area contributed by atoms with E-state index in [0.717, 1.165) is 32.6 Å². The van der Waals surface area contributed by atoms with Crippen molar-refractivity contribution in [2.24, 2.45) is 0 Å². The highest BCUT2D eigenvalue weighted by Gasteiger charge is 2.11. The van der Waals surface area contributed by atoms with Crippen LogP contribution in [0.3, 0.4) is 0 Å². The molecule has 0 saturated heterocycles. The third kappa shape index (κ3) is 2.11. The number of carbonyl (C=O) groups excluding carboxylic acids is 1. The number of hydrogen-bond acceptors (Lipinski definition) is 3. The van der Waals surface area contributed by atoms with Crippen molar-refractivity contribution in [3.05, 3.63) is 60.4 Å². The van der Waals surface area contributed by atoms with Crippen molar-refractivity contribution in [1.82, 2.24) is 14.9 Å². The minimum atomic E-state index is -0.00391. The van der Waals surface area contributed by atoms with Crippen molar-refractivity contribution in [3.63, 3.8) is 0 Å². The summed E-state index contributed by atoms with van der Waals surface area (Å²) in [5.41, 5.74) is 2.43. The molecule has 4 aromatic rings. The number of hydrogen-bond donors (Lipinski definition) is 0. The summed E-state index contributed by atoms with van der Waals surface area (Å²) < 4.78 is 0. The summed E-state index contributed by atoms with van der Waals surface area (Å²) in [6, 6.07) is 13.8. The molecule has 0 spiro atoms. The number of carbonyl (C=O) groups is 1. The Bertz CT molecular complexity index is 1070. The molecule has 0 bridgehead atoms. The summed E-state index contributed by atoms with van der Waals surface area (Å²) in [7, 11) is 3.52. The maximum Gasteiger partial charge on any atom is 0.253 e. The number of aromatic nitrogens is 2. The van der Waals surface area contributed by atoms with Crippen LogP contribution in [0.1, 0.15) is 10.4 Å². The predicted octanol–water partition coefficient (Wildman–Crippen LogP) is 3.64. The fraction of sp³-hybridized carbons (Fsp3) is 0.105. The van der Waals surface area contributed by atoms with Crippen molar-refractivity contribution in [1.29, 1.82) is 0 Å². The molecule has 0 saturated carbocycles. The standard InChI is InChI=1S/C19H15N3O/c1-22(2)19(23)13-5-6-14-11-21-18-15(16(14)10-13)8-7-12-4-3-9-20-17(12)18/h3-11H,1-2H3. The molecule has 0 aliphatic rings. The van der Waals surface area contributed by atoms with Gasteiger partial charge in [-0.1, -0.05) is 24.3 Å². The summed E-state index contributed by atoms with van der Waals surface area (Å²) in [6.45, 7) is 0. The van der Waals surface area contributed by atoms with Crippen LogP contribution in [0.25, 0.3) is 32.6 Å². The fourth-order valence-corrected chi connectivity index (χ4v) is 2.91. The van der Waals surface area contributed by atoms with Crippen molar-refractivity contribution in [2.45, 2.75) is 0 Å². The van der Waals surface area contributed by atoms with Gasteiger partial charge in [-0.05, 0) is 23.6 Å². The first-order valence-electron chi connectivity index (χ1n) is 7.43. The first-order chi connectivity index (χ1) is 11.1. The minimum absolute atomic E-state index is 0.00391. The lowest BCUT2D eigenvalue weighted by atomic mass is 10.0.